The van der Waals surface area contributed by atoms with E-state index in [-0.39, 0.29) is 22.7 Å². The molecule has 5 aliphatic rings. The standard InChI is InChI=1S/C21H27F3N10O/c22-21(23,24)12-34-27-16(26-29-34)5-30-6-20(7-30)10-32(11-20)18(35)31-8-19(9-31)3-15(4-19)33-13-25-17(28-33)14-1-2-14/h13-15H,1-12H2. The van der Waals surface area contributed by atoms with E-state index in [9.17, 15) is 18.0 Å². The molecule has 11 nitrogen and oxygen atoms in total. The third-order valence-corrected chi connectivity index (χ3v) is 8.12. The average molecular weight is 493 g/mol. The summed E-state index contributed by atoms with van der Waals surface area (Å²) in [6.07, 6.45) is 2.03. The predicted molar refractivity (Wildman–Crippen MR) is 113 cm³/mol. The molecule has 0 N–H and O–H groups in total. The number of hydrogen-bond acceptors (Lipinski definition) is 7. The summed E-state index contributed by atoms with van der Waals surface area (Å²) in [6.45, 7) is 3.81. The molecule has 2 aromatic heterocycles. The minimum atomic E-state index is -4.37. The molecule has 2 saturated carbocycles. The second kappa shape index (κ2) is 7.14. The van der Waals surface area contributed by atoms with Crippen molar-refractivity contribution in [1.29, 1.82) is 0 Å². The topological polar surface area (TPSA) is 101 Å². The van der Waals surface area contributed by atoms with Gasteiger partial charge in [0.25, 0.3) is 0 Å². The number of amides is 2. The molecule has 0 bridgehead atoms. The van der Waals surface area contributed by atoms with Gasteiger partial charge in [0.15, 0.2) is 18.2 Å². The molecule has 0 aromatic carbocycles. The van der Waals surface area contributed by atoms with Crippen LogP contribution in [0.2, 0.25) is 0 Å². The first-order chi connectivity index (χ1) is 16.7. The highest BCUT2D eigenvalue weighted by atomic mass is 19.4. The fourth-order valence-electron chi connectivity index (χ4n) is 6.36. The van der Waals surface area contributed by atoms with E-state index in [4.69, 9.17) is 0 Å². The number of urea groups is 1. The van der Waals surface area contributed by atoms with Gasteiger partial charge in [-0.25, -0.2) is 14.5 Å². The normalized spacial score (nSPS) is 25.3. The highest BCUT2D eigenvalue weighted by molar-refractivity contribution is 5.77. The van der Waals surface area contributed by atoms with E-state index >= 15 is 0 Å². The van der Waals surface area contributed by atoms with Crippen molar-refractivity contribution in [1.82, 2.24) is 49.7 Å². The van der Waals surface area contributed by atoms with Gasteiger partial charge < -0.3 is 9.80 Å². The zero-order chi connectivity index (χ0) is 24.0. The monoisotopic (exact) mass is 492 g/mol. The third-order valence-electron chi connectivity index (χ3n) is 8.12. The fraction of sp³-hybridized carbons (Fsp3) is 0.810. The van der Waals surface area contributed by atoms with Crippen LogP contribution in [0.1, 0.15) is 49.3 Å². The number of hydrogen-bond donors (Lipinski definition) is 0. The quantitative estimate of drug-likeness (QED) is 0.620. The van der Waals surface area contributed by atoms with Crippen molar-refractivity contribution in [2.45, 2.75) is 56.9 Å². The number of tetrazole rings is 1. The summed E-state index contributed by atoms with van der Waals surface area (Å²) < 4.78 is 39.3. The summed E-state index contributed by atoms with van der Waals surface area (Å²) >= 11 is 0. The van der Waals surface area contributed by atoms with Gasteiger partial charge in [-0.15, -0.1) is 10.2 Å². The van der Waals surface area contributed by atoms with Crippen LogP contribution in [0.15, 0.2) is 6.33 Å². The Morgan fingerprint density at radius 3 is 2.34 bits per heavy atom. The van der Waals surface area contributed by atoms with Crippen LogP contribution in [0.5, 0.6) is 0 Å². The Morgan fingerprint density at radius 1 is 1.00 bits per heavy atom. The van der Waals surface area contributed by atoms with E-state index in [0.29, 0.717) is 23.3 Å². The molecule has 35 heavy (non-hydrogen) atoms. The Morgan fingerprint density at radius 2 is 1.69 bits per heavy atom. The molecule has 0 radical (unpaired) electrons. The average Bonchev–Trinajstić information content (AvgIpc) is 3.24. The minimum Gasteiger partial charge on any atom is -0.323 e. The Hall–Kier alpha value is -2.77. The van der Waals surface area contributed by atoms with Crippen LogP contribution in [0.3, 0.4) is 0 Å². The summed E-state index contributed by atoms with van der Waals surface area (Å²) in [5.41, 5.74) is 0.340. The number of likely N-dealkylation sites (tertiary alicyclic amines) is 3. The molecule has 7 rings (SSSR count). The van der Waals surface area contributed by atoms with Crippen LogP contribution < -0.4 is 0 Å². The molecular weight excluding hydrogens is 465 g/mol. The smallest absolute Gasteiger partial charge is 0.323 e. The van der Waals surface area contributed by atoms with Gasteiger partial charge in [-0.2, -0.15) is 23.1 Å². The van der Waals surface area contributed by atoms with Crippen molar-refractivity contribution < 1.29 is 18.0 Å². The number of carbonyl (C=O) groups is 1. The number of alkyl halides is 3. The Kier molecular flexibility index (Phi) is 4.39. The number of carbonyl (C=O) groups excluding carboxylic acids is 1. The Bertz CT molecular complexity index is 1130. The van der Waals surface area contributed by atoms with E-state index in [2.05, 4.69) is 30.4 Å². The molecule has 5 heterocycles. The fourth-order valence-corrected chi connectivity index (χ4v) is 6.36. The first-order valence-electron chi connectivity index (χ1n) is 12.2. The second-order valence-corrected chi connectivity index (χ2v) is 11.4. The Balaban J connectivity index is 0.832. The molecule has 2 aliphatic carbocycles. The summed E-state index contributed by atoms with van der Waals surface area (Å²) in [6, 6.07) is 0.529. The SMILES string of the molecule is O=C(N1CC2(CC(n3cnc(C4CC4)n3)C2)C1)N1CC2(CN(Cc3nnn(CC(F)(F)F)n3)C2)C1. The van der Waals surface area contributed by atoms with Crippen molar-refractivity contribution in [3.8, 4) is 0 Å². The van der Waals surface area contributed by atoms with Crippen LogP contribution in [0.25, 0.3) is 0 Å². The van der Waals surface area contributed by atoms with Gasteiger partial charge in [0, 0.05) is 56.0 Å². The highest BCUT2D eigenvalue weighted by Gasteiger charge is 2.58. The molecule has 3 saturated heterocycles. The lowest BCUT2D eigenvalue weighted by molar-refractivity contribution is -0.145. The lowest BCUT2D eigenvalue weighted by Gasteiger charge is -2.63. The summed E-state index contributed by atoms with van der Waals surface area (Å²) in [4.78, 5) is 23.9. The minimum absolute atomic E-state index is 0.0914. The molecule has 14 heteroatoms. The lowest BCUT2D eigenvalue weighted by Crippen LogP contribution is -2.75. The van der Waals surface area contributed by atoms with Gasteiger partial charge in [0.05, 0.1) is 12.6 Å². The van der Waals surface area contributed by atoms with Crippen molar-refractivity contribution in [3.05, 3.63) is 18.0 Å². The van der Waals surface area contributed by atoms with Gasteiger partial charge in [0.1, 0.15) is 6.33 Å². The van der Waals surface area contributed by atoms with Gasteiger partial charge in [-0.1, -0.05) is 0 Å². The van der Waals surface area contributed by atoms with Crippen molar-refractivity contribution in [3.63, 3.8) is 0 Å². The number of nitrogens with zero attached hydrogens (tertiary/aromatic N) is 10. The van der Waals surface area contributed by atoms with Crippen molar-refractivity contribution in [2.24, 2.45) is 10.8 Å². The highest BCUT2D eigenvalue weighted by Crippen LogP contribution is 2.54. The van der Waals surface area contributed by atoms with Crippen LogP contribution in [-0.2, 0) is 13.1 Å². The van der Waals surface area contributed by atoms with E-state index in [1.54, 1.807) is 0 Å². The zero-order valence-electron chi connectivity index (χ0n) is 19.2. The maximum Gasteiger partial charge on any atom is 0.409 e. The first-order valence-corrected chi connectivity index (χ1v) is 12.2. The van der Waals surface area contributed by atoms with E-state index in [1.165, 1.54) is 12.8 Å². The van der Waals surface area contributed by atoms with E-state index in [0.717, 1.165) is 57.9 Å². The molecule has 2 aromatic rings. The summed E-state index contributed by atoms with van der Waals surface area (Å²) in [5.74, 6) is 1.85. The maximum absolute atomic E-state index is 12.9. The molecule has 2 amide bonds. The van der Waals surface area contributed by atoms with Crippen LogP contribution >= 0.6 is 0 Å². The second-order valence-electron chi connectivity index (χ2n) is 11.4. The summed E-state index contributed by atoms with van der Waals surface area (Å²) in [5, 5.41) is 15.7. The molecular formula is C21H27F3N10O. The van der Waals surface area contributed by atoms with E-state index < -0.39 is 12.7 Å². The number of aromatic nitrogens is 7. The van der Waals surface area contributed by atoms with Gasteiger partial charge >= 0.3 is 12.2 Å². The number of rotatable bonds is 5. The molecule has 0 atom stereocenters. The summed E-state index contributed by atoms with van der Waals surface area (Å²) in [7, 11) is 0. The van der Waals surface area contributed by atoms with Crippen molar-refractivity contribution in [2.75, 3.05) is 39.3 Å². The third kappa shape index (κ3) is 3.85. The molecule has 188 valence electrons. The van der Waals surface area contributed by atoms with Gasteiger partial charge in [0.2, 0.25) is 0 Å². The van der Waals surface area contributed by atoms with Crippen LogP contribution in [-0.4, -0.2) is 101 Å². The largest absolute Gasteiger partial charge is 0.409 e. The van der Waals surface area contributed by atoms with Crippen LogP contribution in [0.4, 0.5) is 18.0 Å². The zero-order valence-corrected chi connectivity index (χ0v) is 19.2. The lowest BCUT2D eigenvalue weighted by atomic mass is 9.60. The van der Waals surface area contributed by atoms with Gasteiger partial charge in [-0.3, -0.25) is 4.90 Å². The van der Waals surface area contributed by atoms with Crippen molar-refractivity contribution >= 4 is 6.03 Å². The molecule has 0 unspecified atom stereocenters. The van der Waals surface area contributed by atoms with E-state index in [1.807, 2.05) is 20.8 Å². The first kappa shape index (κ1) is 21.5. The molecule has 3 aliphatic heterocycles. The molecule has 5 fully saturated rings. The molecule has 2 spiro atoms. The maximum atomic E-state index is 12.9. The Labute approximate surface area is 199 Å². The van der Waals surface area contributed by atoms with Crippen LogP contribution in [0, 0.1) is 10.8 Å². The number of halogens is 3. The predicted octanol–water partition coefficient (Wildman–Crippen LogP) is 1.28. The van der Waals surface area contributed by atoms with Gasteiger partial charge in [-0.05, 0) is 30.9 Å².